The molecule has 0 aliphatic heterocycles. The molecule has 140 valence electrons. The quantitative estimate of drug-likeness (QED) is 0.586. The van der Waals surface area contributed by atoms with E-state index in [1.54, 1.807) is 0 Å². The molecule has 5 nitrogen and oxygen atoms in total. The predicted octanol–water partition coefficient (Wildman–Crippen LogP) is 5.07. The molecule has 0 radical (unpaired) electrons. The Bertz CT molecular complexity index is 1130. The Labute approximate surface area is 161 Å². The molecule has 0 saturated carbocycles. The molecule has 0 fully saturated rings. The highest BCUT2D eigenvalue weighted by molar-refractivity contribution is 6.39. The lowest BCUT2D eigenvalue weighted by Crippen LogP contribution is -2.18. The van der Waals surface area contributed by atoms with Gasteiger partial charge in [-0.1, -0.05) is 23.2 Å². The molecule has 0 spiro atoms. The first-order chi connectivity index (χ1) is 12.7. The lowest BCUT2D eigenvalue weighted by Gasteiger charge is -2.15. The largest absolute Gasteiger partial charge is 0.494 e. The summed E-state index contributed by atoms with van der Waals surface area (Å²) in [4.78, 5) is 27.9. The van der Waals surface area contributed by atoms with Gasteiger partial charge < -0.3 is 15.0 Å². The smallest absolute Gasteiger partial charge is 0.206 e. The Morgan fingerprint density at radius 3 is 2.30 bits per heavy atom. The maximum Gasteiger partial charge on any atom is 0.206 e. The van der Waals surface area contributed by atoms with Crippen LogP contribution in [0.5, 0.6) is 5.75 Å². The third kappa shape index (κ3) is 3.48. The number of H-pyrrole nitrogens is 1. The van der Waals surface area contributed by atoms with Gasteiger partial charge in [-0.15, -0.1) is 0 Å². The number of ether oxygens (including phenoxy) is 1. The molecule has 0 bridgehead atoms. The van der Waals surface area contributed by atoms with Crippen LogP contribution in [0, 0.1) is 11.6 Å². The maximum absolute atomic E-state index is 13.5. The standard InChI is InChI=1S/C18H12Cl2F2N2O3/c1-7(25)13-16(26)14-15(11(19)6-12(20)17(14)27-2)24-18(13)23-10-4-8(21)3-9(22)5-10/h3-6H,1-2H3,(H2,23,24,26). The second-order valence-corrected chi connectivity index (χ2v) is 6.48. The zero-order chi connectivity index (χ0) is 19.9. The summed E-state index contributed by atoms with van der Waals surface area (Å²) in [5, 5.41) is 2.86. The highest BCUT2D eigenvalue weighted by Crippen LogP contribution is 2.37. The van der Waals surface area contributed by atoms with Gasteiger partial charge in [0, 0.05) is 11.8 Å². The maximum atomic E-state index is 13.5. The lowest BCUT2D eigenvalue weighted by molar-refractivity contribution is 0.101. The van der Waals surface area contributed by atoms with Crippen molar-refractivity contribution in [1.29, 1.82) is 0 Å². The van der Waals surface area contributed by atoms with Crippen LogP contribution in [0.15, 0.2) is 29.1 Å². The van der Waals surface area contributed by atoms with Gasteiger partial charge in [-0.2, -0.15) is 0 Å². The predicted molar refractivity (Wildman–Crippen MR) is 101 cm³/mol. The van der Waals surface area contributed by atoms with E-state index in [1.165, 1.54) is 20.1 Å². The molecule has 1 aromatic heterocycles. The molecule has 2 N–H and O–H groups in total. The molecule has 0 unspecified atom stereocenters. The van der Waals surface area contributed by atoms with Gasteiger partial charge in [0.15, 0.2) is 11.5 Å². The summed E-state index contributed by atoms with van der Waals surface area (Å²) in [6.45, 7) is 1.19. The number of fused-ring (bicyclic) bond motifs is 1. The minimum atomic E-state index is -0.823. The molecule has 0 atom stereocenters. The second-order valence-electron chi connectivity index (χ2n) is 5.67. The normalized spacial score (nSPS) is 10.9. The Balaban J connectivity index is 2.34. The van der Waals surface area contributed by atoms with E-state index in [2.05, 4.69) is 10.3 Å². The van der Waals surface area contributed by atoms with E-state index < -0.39 is 22.8 Å². The van der Waals surface area contributed by atoms with Crippen molar-refractivity contribution in [2.24, 2.45) is 0 Å². The Morgan fingerprint density at radius 1 is 1.11 bits per heavy atom. The van der Waals surface area contributed by atoms with Gasteiger partial charge in [0.1, 0.15) is 23.0 Å². The average molecular weight is 413 g/mol. The number of hydrogen-bond acceptors (Lipinski definition) is 4. The topological polar surface area (TPSA) is 71.2 Å². The van der Waals surface area contributed by atoms with E-state index in [1.807, 2.05) is 0 Å². The molecule has 0 aliphatic carbocycles. The Hall–Kier alpha value is -2.64. The van der Waals surface area contributed by atoms with Gasteiger partial charge in [0.05, 0.1) is 28.1 Å². The van der Waals surface area contributed by atoms with Crippen LogP contribution >= 0.6 is 23.2 Å². The van der Waals surface area contributed by atoms with Crippen molar-refractivity contribution in [2.75, 3.05) is 12.4 Å². The number of hydrogen-bond donors (Lipinski definition) is 2. The zero-order valence-corrected chi connectivity index (χ0v) is 15.6. The van der Waals surface area contributed by atoms with Crippen LogP contribution in [0.25, 0.3) is 10.9 Å². The number of carbonyl (C=O) groups excluding carboxylic acids is 1. The first-order valence-corrected chi connectivity index (χ1v) is 8.34. The van der Waals surface area contributed by atoms with E-state index in [-0.39, 0.29) is 43.8 Å². The van der Waals surface area contributed by atoms with Gasteiger partial charge in [-0.05, 0) is 25.1 Å². The van der Waals surface area contributed by atoms with E-state index in [9.17, 15) is 18.4 Å². The minimum Gasteiger partial charge on any atom is -0.494 e. The molecular formula is C18H12Cl2F2N2O3. The summed E-state index contributed by atoms with van der Waals surface area (Å²) in [5.74, 6) is -2.22. The van der Waals surface area contributed by atoms with Crippen molar-refractivity contribution in [3.8, 4) is 5.75 Å². The van der Waals surface area contributed by atoms with Gasteiger partial charge in [0.2, 0.25) is 5.43 Å². The van der Waals surface area contributed by atoms with Crippen molar-refractivity contribution >= 4 is 51.4 Å². The number of Topliss-reactive ketones (excluding diaryl/α,β-unsaturated/α-hetero) is 1. The number of aromatic nitrogens is 1. The number of carbonyl (C=O) groups is 1. The summed E-state index contributed by atoms with van der Waals surface area (Å²) < 4.78 is 32.1. The lowest BCUT2D eigenvalue weighted by atomic mass is 10.1. The van der Waals surface area contributed by atoms with Crippen LogP contribution < -0.4 is 15.5 Å². The Morgan fingerprint density at radius 2 is 1.74 bits per heavy atom. The number of aromatic amines is 1. The highest BCUT2D eigenvalue weighted by Gasteiger charge is 2.22. The fraction of sp³-hybridized carbons (Fsp3) is 0.111. The van der Waals surface area contributed by atoms with Gasteiger partial charge in [-0.25, -0.2) is 8.78 Å². The summed E-state index contributed by atoms with van der Waals surface area (Å²) in [6.07, 6.45) is 0. The van der Waals surface area contributed by atoms with Crippen LogP contribution in [0.2, 0.25) is 10.0 Å². The number of anilines is 2. The molecule has 2 aromatic carbocycles. The van der Waals surface area contributed by atoms with E-state index in [0.29, 0.717) is 6.07 Å². The first-order valence-electron chi connectivity index (χ1n) is 7.59. The number of pyridine rings is 1. The Kier molecular flexibility index (Phi) is 5.08. The van der Waals surface area contributed by atoms with Crippen LogP contribution in [0.3, 0.4) is 0 Å². The SMILES string of the molecule is COc1c(Cl)cc(Cl)c2[nH]c(Nc3cc(F)cc(F)c3)c(C(C)=O)c(=O)c12. The van der Waals surface area contributed by atoms with Crippen LogP contribution in [0.4, 0.5) is 20.3 Å². The average Bonchev–Trinajstić information content (AvgIpc) is 2.54. The van der Waals surface area contributed by atoms with Crippen LogP contribution in [-0.2, 0) is 0 Å². The number of rotatable bonds is 4. The third-order valence-electron chi connectivity index (χ3n) is 3.83. The van der Waals surface area contributed by atoms with Gasteiger partial charge >= 0.3 is 0 Å². The molecule has 27 heavy (non-hydrogen) atoms. The van der Waals surface area contributed by atoms with Crippen molar-refractivity contribution in [2.45, 2.75) is 6.92 Å². The van der Waals surface area contributed by atoms with Gasteiger partial charge in [-0.3, -0.25) is 9.59 Å². The zero-order valence-electron chi connectivity index (χ0n) is 14.0. The van der Waals surface area contributed by atoms with Crippen molar-refractivity contribution in [1.82, 2.24) is 4.98 Å². The summed E-state index contributed by atoms with van der Waals surface area (Å²) in [6, 6.07) is 4.10. The van der Waals surface area contributed by atoms with Crippen molar-refractivity contribution in [3.05, 3.63) is 61.7 Å². The number of methoxy groups -OCH3 is 1. The number of ketones is 1. The fourth-order valence-corrected chi connectivity index (χ4v) is 3.35. The summed E-state index contributed by atoms with van der Waals surface area (Å²) in [5.41, 5.74) is -0.782. The first kappa shape index (κ1) is 19.1. The monoisotopic (exact) mass is 412 g/mol. The molecule has 0 amide bonds. The second kappa shape index (κ2) is 7.17. The van der Waals surface area contributed by atoms with E-state index in [4.69, 9.17) is 27.9 Å². The summed E-state index contributed by atoms with van der Waals surface area (Å²) in [7, 11) is 1.32. The molecule has 0 aliphatic rings. The third-order valence-corrected chi connectivity index (χ3v) is 4.41. The van der Waals surface area contributed by atoms with Crippen LogP contribution in [-0.4, -0.2) is 17.9 Å². The minimum absolute atomic E-state index is 0.00190. The number of nitrogens with one attached hydrogen (secondary N) is 2. The molecule has 3 rings (SSSR count). The molecule has 3 aromatic rings. The highest BCUT2D eigenvalue weighted by atomic mass is 35.5. The van der Waals surface area contributed by atoms with Crippen molar-refractivity contribution < 1.29 is 18.3 Å². The summed E-state index contributed by atoms with van der Waals surface area (Å²) >= 11 is 12.2. The number of halogens is 4. The van der Waals surface area contributed by atoms with E-state index in [0.717, 1.165) is 12.1 Å². The molecule has 1 heterocycles. The van der Waals surface area contributed by atoms with Crippen LogP contribution in [0.1, 0.15) is 17.3 Å². The number of benzene rings is 2. The molecular weight excluding hydrogens is 401 g/mol. The molecule has 9 heteroatoms. The van der Waals surface area contributed by atoms with Gasteiger partial charge in [0.25, 0.3) is 0 Å². The van der Waals surface area contributed by atoms with E-state index >= 15 is 0 Å². The molecule has 0 saturated heterocycles. The fourth-order valence-electron chi connectivity index (χ4n) is 2.77. The van der Waals surface area contributed by atoms with Crippen molar-refractivity contribution in [3.63, 3.8) is 0 Å².